The van der Waals surface area contributed by atoms with Gasteiger partial charge in [-0.05, 0) is 23.5 Å². The van der Waals surface area contributed by atoms with E-state index in [1.165, 1.54) is 11.1 Å². The molecule has 2 aliphatic carbocycles. The molecule has 18 heavy (non-hydrogen) atoms. The molecule has 1 aromatic carbocycles. The van der Waals surface area contributed by atoms with Crippen LogP contribution in [0.5, 0.6) is 0 Å². The maximum Gasteiger partial charge on any atom is 0.239 e. The summed E-state index contributed by atoms with van der Waals surface area (Å²) in [7, 11) is 1.55. The zero-order valence-electron chi connectivity index (χ0n) is 10.4. The zero-order valence-corrected chi connectivity index (χ0v) is 10.4. The van der Waals surface area contributed by atoms with Crippen LogP contribution in [0.3, 0.4) is 0 Å². The van der Waals surface area contributed by atoms with Crippen LogP contribution in [0.1, 0.15) is 17.0 Å². The number of nitrogens with two attached hydrogens (primary N) is 1. The van der Waals surface area contributed by atoms with E-state index in [0.717, 1.165) is 6.42 Å². The maximum absolute atomic E-state index is 11.8. The Balaban J connectivity index is 1.62. The number of methoxy groups -OCH3 is 1. The predicted octanol–water partition coefficient (Wildman–Crippen LogP) is 0.415. The molecule has 0 aromatic heterocycles. The van der Waals surface area contributed by atoms with Crippen LogP contribution in [0.25, 0.3) is 0 Å². The molecule has 96 valence electrons. The van der Waals surface area contributed by atoms with Gasteiger partial charge in [-0.15, -0.1) is 0 Å². The third-order valence-electron chi connectivity index (χ3n) is 4.03. The molecule has 3 N–H and O–H groups in total. The van der Waals surface area contributed by atoms with E-state index in [-0.39, 0.29) is 18.6 Å². The van der Waals surface area contributed by atoms with Gasteiger partial charge in [0.15, 0.2) is 0 Å². The van der Waals surface area contributed by atoms with Crippen molar-refractivity contribution in [3.8, 4) is 0 Å². The first-order valence-corrected chi connectivity index (χ1v) is 6.35. The summed E-state index contributed by atoms with van der Waals surface area (Å²) >= 11 is 0. The van der Waals surface area contributed by atoms with Gasteiger partial charge in [0.05, 0.1) is 6.61 Å². The quantitative estimate of drug-likeness (QED) is 0.809. The lowest BCUT2D eigenvalue weighted by atomic mass is 10.1. The fourth-order valence-corrected chi connectivity index (χ4v) is 3.07. The molecule has 1 saturated carbocycles. The first kappa shape index (κ1) is 11.7. The van der Waals surface area contributed by atoms with Gasteiger partial charge in [0.2, 0.25) is 5.91 Å². The van der Waals surface area contributed by atoms with E-state index in [2.05, 4.69) is 29.6 Å². The minimum absolute atomic E-state index is 0.103. The van der Waals surface area contributed by atoms with Gasteiger partial charge in [-0.1, -0.05) is 24.3 Å². The van der Waals surface area contributed by atoms with E-state index >= 15 is 0 Å². The molecule has 1 amide bonds. The first-order chi connectivity index (χ1) is 8.72. The molecule has 0 bridgehead atoms. The number of carbonyl (C=O) groups is 1. The lowest BCUT2D eigenvalue weighted by Gasteiger charge is -2.13. The zero-order chi connectivity index (χ0) is 12.7. The van der Waals surface area contributed by atoms with E-state index in [0.29, 0.717) is 11.8 Å². The lowest BCUT2D eigenvalue weighted by Crippen LogP contribution is -2.45. The van der Waals surface area contributed by atoms with Crippen molar-refractivity contribution in [2.75, 3.05) is 13.7 Å². The van der Waals surface area contributed by atoms with Gasteiger partial charge in [0.25, 0.3) is 0 Å². The minimum atomic E-state index is -0.563. The minimum Gasteiger partial charge on any atom is -0.383 e. The summed E-state index contributed by atoms with van der Waals surface area (Å²) in [6, 6.07) is 8.20. The second-order valence-corrected chi connectivity index (χ2v) is 5.19. The Kier molecular flexibility index (Phi) is 2.84. The summed E-state index contributed by atoms with van der Waals surface area (Å²) < 4.78 is 4.89. The van der Waals surface area contributed by atoms with Gasteiger partial charge in [-0.3, -0.25) is 4.79 Å². The number of amides is 1. The number of carbonyl (C=O) groups excluding carboxylic acids is 1. The fraction of sp³-hybridized carbons (Fsp3) is 0.500. The second kappa shape index (κ2) is 4.37. The number of hydrogen-bond donors (Lipinski definition) is 2. The van der Waals surface area contributed by atoms with E-state index in [4.69, 9.17) is 10.5 Å². The molecule has 4 atom stereocenters. The highest BCUT2D eigenvalue weighted by Gasteiger charge is 2.56. The molecule has 2 aliphatic rings. The molecule has 0 heterocycles. The topological polar surface area (TPSA) is 64.3 Å². The van der Waals surface area contributed by atoms with Crippen molar-refractivity contribution in [1.29, 1.82) is 0 Å². The molecule has 0 spiro atoms. The molecule has 0 aliphatic heterocycles. The standard InChI is InChI=1S/C14H18N2O2/c1-18-7-11(15)14(17)16-13-10-6-8-4-2-3-5-9(8)12(10)13/h2-5,10-13H,6-7,15H2,1H3,(H,16,17). The third-order valence-corrected chi connectivity index (χ3v) is 4.03. The number of nitrogens with one attached hydrogen (secondary N) is 1. The van der Waals surface area contributed by atoms with Crippen LogP contribution in [-0.2, 0) is 16.0 Å². The lowest BCUT2D eigenvalue weighted by molar-refractivity contribution is -0.123. The van der Waals surface area contributed by atoms with Crippen LogP contribution in [0.4, 0.5) is 0 Å². The van der Waals surface area contributed by atoms with Crippen molar-refractivity contribution in [3.05, 3.63) is 35.4 Å². The van der Waals surface area contributed by atoms with Crippen LogP contribution in [0.15, 0.2) is 24.3 Å². The van der Waals surface area contributed by atoms with E-state index in [1.54, 1.807) is 7.11 Å². The normalized spacial score (nSPS) is 29.3. The number of hydrogen-bond acceptors (Lipinski definition) is 3. The summed E-state index contributed by atoms with van der Waals surface area (Å²) in [6.07, 6.45) is 1.07. The summed E-state index contributed by atoms with van der Waals surface area (Å²) in [5, 5.41) is 3.04. The van der Waals surface area contributed by atoms with Gasteiger partial charge in [0.1, 0.15) is 6.04 Å². The number of ether oxygens (including phenoxy) is 1. The van der Waals surface area contributed by atoms with Gasteiger partial charge < -0.3 is 15.8 Å². The average molecular weight is 246 g/mol. The van der Waals surface area contributed by atoms with E-state index in [1.807, 2.05) is 0 Å². The Labute approximate surface area is 107 Å². The molecule has 4 heteroatoms. The number of benzene rings is 1. The third kappa shape index (κ3) is 1.82. The highest BCUT2D eigenvalue weighted by molar-refractivity contribution is 5.82. The van der Waals surface area contributed by atoms with Crippen molar-refractivity contribution in [1.82, 2.24) is 5.32 Å². The second-order valence-electron chi connectivity index (χ2n) is 5.19. The molecule has 3 rings (SSSR count). The van der Waals surface area contributed by atoms with Crippen molar-refractivity contribution < 1.29 is 9.53 Å². The van der Waals surface area contributed by atoms with Gasteiger partial charge in [-0.25, -0.2) is 0 Å². The molecule has 1 aromatic rings. The summed E-state index contributed by atoms with van der Waals surface area (Å²) in [4.78, 5) is 11.8. The highest BCUT2D eigenvalue weighted by Crippen LogP contribution is 2.56. The van der Waals surface area contributed by atoms with Crippen molar-refractivity contribution in [3.63, 3.8) is 0 Å². The Morgan fingerprint density at radius 2 is 2.33 bits per heavy atom. The van der Waals surface area contributed by atoms with Crippen LogP contribution >= 0.6 is 0 Å². The Morgan fingerprint density at radius 1 is 1.56 bits per heavy atom. The monoisotopic (exact) mass is 246 g/mol. The number of fused-ring (bicyclic) bond motifs is 3. The Morgan fingerprint density at radius 3 is 3.11 bits per heavy atom. The van der Waals surface area contributed by atoms with Crippen molar-refractivity contribution >= 4 is 5.91 Å². The molecule has 4 nitrogen and oxygen atoms in total. The molecule has 4 unspecified atom stereocenters. The van der Waals surface area contributed by atoms with Gasteiger partial charge in [0, 0.05) is 19.1 Å². The summed E-state index contributed by atoms with van der Waals surface area (Å²) in [5.41, 5.74) is 8.54. The predicted molar refractivity (Wildman–Crippen MR) is 68.2 cm³/mol. The average Bonchev–Trinajstić information content (AvgIpc) is 2.88. The molecular formula is C14H18N2O2. The van der Waals surface area contributed by atoms with Crippen molar-refractivity contribution in [2.45, 2.75) is 24.4 Å². The molecule has 1 fully saturated rings. The van der Waals surface area contributed by atoms with Gasteiger partial charge >= 0.3 is 0 Å². The van der Waals surface area contributed by atoms with E-state index < -0.39 is 6.04 Å². The number of rotatable bonds is 4. The Hall–Kier alpha value is -1.39. The molecular weight excluding hydrogens is 228 g/mol. The maximum atomic E-state index is 11.8. The van der Waals surface area contributed by atoms with E-state index in [9.17, 15) is 4.79 Å². The van der Waals surface area contributed by atoms with Crippen LogP contribution in [-0.4, -0.2) is 31.7 Å². The van der Waals surface area contributed by atoms with Crippen LogP contribution < -0.4 is 11.1 Å². The Bertz CT molecular complexity index is 475. The molecule has 0 saturated heterocycles. The molecule has 0 radical (unpaired) electrons. The largest absolute Gasteiger partial charge is 0.383 e. The van der Waals surface area contributed by atoms with Crippen molar-refractivity contribution in [2.24, 2.45) is 11.7 Å². The first-order valence-electron chi connectivity index (χ1n) is 6.35. The van der Waals surface area contributed by atoms with Crippen LogP contribution in [0.2, 0.25) is 0 Å². The SMILES string of the molecule is COCC(N)C(=O)NC1C2Cc3ccccc3C21. The van der Waals surface area contributed by atoms with Gasteiger partial charge in [-0.2, -0.15) is 0 Å². The smallest absolute Gasteiger partial charge is 0.239 e. The highest BCUT2D eigenvalue weighted by atomic mass is 16.5. The fourth-order valence-electron chi connectivity index (χ4n) is 3.07. The summed E-state index contributed by atoms with van der Waals surface area (Å²) in [6.45, 7) is 0.268. The van der Waals surface area contributed by atoms with Crippen LogP contribution in [0, 0.1) is 5.92 Å². The summed E-state index contributed by atoms with van der Waals surface area (Å²) in [5.74, 6) is 0.967.